The van der Waals surface area contributed by atoms with Crippen LogP contribution in [0.15, 0.2) is 77.7 Å². The Labute approximate surface area is 230 Å². The Morgan fingerprint density at radius 3 is 2.13 bits per heavy atom. The normalized spacial score (nSPS) is 11.8. The number of carbonyl (C=O) groups excluding carboxylic acids is 2. The van der Waals surface area contributed by atoms with Crippen LogP contribution >= 0.6 is 0 Å². The van der Waals surface area contributed by atoms with Crippen LogP contribution in [0.5, 0.6) is 11.5 Å². The lowest BCUT2D eigenvalue weighted by Gasteiger charge is -2.33. The standard InChI is InChI=1S/C29H35N3O6S/c1-6-25(29(34)30-3)31(19-22-14-12-21(2)13-15-22)28(33)20-32(23-10-8-7-9-11-23)39(35,36)24-16-17-26(37-4)27(18-24)38-5/h7-18,25H,6,19-20H2,1-5H3,(H,30,34)/t25-/m0/s1. The molecule has 0 unspecified atom stereocenters. The van der Waals surface area contributed by atoms with Gasteiger partial charge in [0.25, 0.3) is 10.0 Å². The fourth-order valence-corrected chi connectivity index (χ4v) is 5.63. The number of amides is 2. The first-order valence-corrected chi connectivity index (χ1v) is 14.0. The molecule has 3 aromatic carbocycles. The quantitative estimate of drug-likeness (QED) is 0.366. The molecule has 0 fully saturated rings. The van der Waals surface area contributed by atoms with Crippen molar-refractivity contribution in [3.8, 4) is 11.5 Å². The summed E-state index contributed by atoms with van der Waals surface area (Å²) in [5, 5.41) is 2.62. The number of hydrogen-bond acceptors (Lipinski definition) is 6. The Hall–Kier alpha value is -4.05. The Morgan fingerprint density at radius 2 is 1.56 bits per heavy atom. The number of methoxy groups -OCH3 is 2. The second kappa shape index (κ2) is 13.1. The summed E-state index contributed by atoms with van der Waals surface area (Å²) in [5.74, 6) is -0.227. The predicted molar refractivity (Wildman–Crippen MR) is 150 cm³/mol. The monoisotopic (exact) mass is 553 g/mol. The van der Waals surface area contributed by atoms with Crippen LogP contribution in [0.3, 0.4) is 0 Å². The van der Waals surface area contributed by atoms with Gasteiger partial charge in [-0.15, -0.1) is 0 Å². The first-order chi connectivity index (χ1) is 18.7. The number of likely N-dealkylation sites (N-methyl/N-ethyl adjacent to an activating group) is 1. The van der Waals surface area contributed by atoms with Gasteiger partial charge in [-0.05, 0) is 43.2 Å². The molecule has 0 aromatic heterocycles. The number of benzene rings is 3. The number of anilines is 1. The highest BCUT2D eigenvalue weighted by Crippen LogP contribution is 2.32. The molecule has 0 radical (unpaired) electrons. The summed E-state index contributed by atoms with van der Waals surface area (Å²) in [7, 11) is 0.159. The summed E-state index contributed by atoms with van der Waals surface area (Å²) in [5.41, 5.74) is 2.19. The van der Waals surface area contributed by atoms with E-state index in [1.54, 1.807) is 30.3 Å². The molecular weight excluding hydrogens is 518 g/mol. The van der Waals surface area contributed by atoms with Gasteiger partial charge in [-0.1, -0.05) is 55.0 Å². The van der Waals surface area contributed by atoms with Crippen LogP contribution in [0.4, 0.5) is 5.69 Å². The van der Waals surface area contributed by atoms with Crippen molar-refractivity contribution in [1.29, 1.82) is 0 Å². The van der Waals surface area contributed by atoms with E-state index in [4.69, 9.17) is 9.47 Å². The Morgan fingerprint density at radius 1 is 0.923 bits per heavy atom. The number of nitrogens with zero attached hydrogens (tertiary/aromatic N) is 2. The van der Waals surface area contributed by atoms with E-state index >= 15 is 0 Å². The average Bonchev–Trinajstić information content (AvgIpc) is 2.96. The summed E-state index contributed by atoms with van der Waals surface area (Å²) in [6.45, 7) is 3.40. The van der Waals surface area contributed by atoms with E-state index in [2.05, 4.69) is 5.32 Å². The zero-order valence-corrected chi connectivity index (χ0v) is 23.7. The number of hydrogen-bond donors (Lipinski definition) is 1. The highest BCUT2D eigenvalue weighted by atomic mass is 32.2. The molecule has 0 heterocycles. The minimum atomic E-state index is -4.23. The van der Waals surface area contributed by atoms with E-state index in [0.717, 1.165) is 15.4 Å². The van der Waals surface area contributed by atoms with Gasteiger partial charge in [0.05, 0.1) is 24.8 Å². The van der Waals surface area contributed by atoms with Gasteiger partial charge in [-0.25, -0.2) is 8.42 Å². The van der Waals surface area contributed by atoms with Crippen LogP contribution in [0.1, 0.15) is 24.5 Å². The number of rotatable bonds is 12. The third-order valence-corrected chi connectivity index (χ3v) is 8.14. The number of nitrogens with one attached hydrogen (secondary N) is 1. The van der Waals surface area contributed by atoms with Gasteiger partial charge >= 0.3 is 0 Å². The number of para-hydroxylation sites is 1. The topological polar surface area (TPSA) is 105 Å². The molecule has 3 aromatic rings. The van der Waals surface area contributed by atoms with E-state index in [1.165, 1.54) is 44.4 Å². The predicted octanol–water partition coefficient (Wildman–Crippen LogP) is 3.76. The van der Waals surface area contributed by atoms with Crippen molar-refractivity contribution in [2.75, 3.05) is 32.1 Å². The maximum atomic E-state index is 14.0. The van der Waals surface area contributed by atoms with E-state index < -0.39 is 28.5 Å². The molecule has 0 saturated heterocycles. The summed E-state index contributed by atoms with van der Waals surface area (Å²) in [4.78, 5) is 28.1. The molecule has 0 aliphatic carbocycles. The molecule has 0 saturated carbocycles. The molecule has 9 nitrogen and oxygen atoms in total. The molecule has 2 amide bonds. The van der Waals surface area contributed by atoms with E-state index in [0.29, 0.717) is 17.9 Å². The van der Waals surface area contributed by atoms with Crippen molar-refractivity contribution in [1.82, 2.24) is 10.2 Å². The number of ether oxygens (including phenoxy) is 2. The number of sulfonamides is 1. The zero-order chi connectivity index (χ0) is 28.6. The SMILES string of the molecule is CC[C@@H](C(=O)NC)N(Cc1ccc(C)cc1)C(=O)CN(c1ccccc1)S(=O)(=O)c1ccc(OC)c(OC)c1. The maximum Gasteiger partial charge on any atom is 0.264 e. The maximum absolute atomic E-state index is 14.0. The molecule has 0 bridgehead atoms. The molecule has 3 rings (SSSR count). The van der Waals surface area contributed by atoms with Crippen LogP contribution in [0, 0.1) is 6.92 Å². The average molecular weight is 554 g/mol. The van der Waals surface area contributed by atoms with E-state index in [9.17, 15) is 18.0 Å². The van der Waals surface area contributed by atoms with Crippen LogP contribution in [0.2, 0.25) is 0 Å². The van der Waals surface area contributed by atoms with Crippen LogP contribution < -0.4 is 19.1 Å². The Kier molecular flexibility index (Phi) is 9.95. The van der Waals surface area contributed by atoms with E-state index in [1.807, 2.05) is 38.1 Å². The van der Waals surface area contributed by atoms with Crippen LogP contribution in [-0.2, 0) is 26.2 Å². The van der Waals surface area contributed by atoms with Gasteiger partial charge in [-0.3, -0.25) is 13.9 Å². The van der Waals surface area contributed by atoms with Crippen molar-refractivity contribution in [3.05, 3.63) is 83.9 Å². The van der Waals surface area contributed by atoms with Crippen LogP contribution in [-0.4, -0.2) is 59.0 Å². The number of carbonyl (C=O) groups is 2. The summed E-state index contributed by atoms with van der Waals surface area (Å²) < 4.78 is 39.5. The van der Waals surface area contributed by atoms with Crippen LogP contribution in [0.25, 0.3) is 0 Å². The van der Waals surface area contributed by atoms with E-state index in [-0.39, 0.29) is 23.1 Å². The second-order valence-corrected chi connectivity index (χ2v) is 10.8. The Bertz CT molecular complexity index is 1380. The molecule has 10 heteroatoms. The van der Waals surface area contributed by atoms with Crippen molar-refractivity contribution in [2.45, 2.75) is 37.8 Å². The molecule has 0 spiro atoms. The highest BCUT2D eigenvalue weighted by molar-refractivity contribution is 7.92. The molecule has 1 N–H and O–H groups in total. The smallest absolute Gasteiger partial charge is 0.264 e. The van der Waals surface area contributed by atoms with Gasteiger partial charge in [0.15, 0.2) is 11.5 Å². The van der Waals surface area contributed by atoms with Gasteiger partial charge in [0.2, 0.25) is 11.8 Å². The molecule has 1 atom stereocenters. The summed E-state index contributed by atoms with van der Waals surface area (Å²) in [6.07, 6.45) is 0.352. The van der Waals surface area contributed by atoms with Gasteiger partial charge in [0.1, 0.15) is 12.6 Å². The lowest BCUT2D eigenvalue weighted by Crippen LogP contribution is -2.51. The van der Waals surface area contributed by atoms with Crippen molar-refractivity contribution in [3.63, 3.8) is 0 Å². The van der Waals surface area contributed by atoms with Crippen molar-refractivity contribution < 1.29 is 27.5 Å². The fourth-order valence-electron chi connectivity index (χ4n) is 4.20. The largest absolute Gasteiger partial charge is 0.493 e. The minimum absolute atomic E-state index is 0.0692. The lowest BCUT2D eigenvalue weighted by atomic mass is 10.1. The first-order valence-electron chi connectivity index (χ1n) is 12.5. The minimum Gasteiger partial charge on any atom is -0.493 e. The molecule has 208 valence electrons. The third-order valence-electron chi connectivity index (χ3n) is 6.37. The summed E-state index contributed by atoms with van der Waals surface area (Å²) in [6, 6.07) is 19.5. The van der Waals surface area contributed by atoms with Crippen molar-refractivity contribution >= 4 is 27.5 Å². The highest BCUT2D eigenvalue weighted by Gasteiger charge is 2.33. The molecule has 39 heavy (non-hydrogen) atoms. The lowest BCUT2D eigenvalue weighted by molar-refractivity contribution is -0.140. The van der Waals surface area contributed by atoms with Crippen molar-refractivity contribution in [2.24, 2.45) is 0 Å². The fraction of sp³-hybridized carbons (Fsp3) is 0.310. The van der Waals surface area contributed by atoms with Gasteiger partial charge < -0.3 is 19.7 Å². The first kappa shape index (κ1) is 29.5. The zero-order valence-electron chi connectivity index (χ0n) is 22.9. The van der Waals surface area contributed by atoms with Gasteiger partial charge in [-0.2, -0.15) is 0 Å². The summed E-state index contributed by atoms with van der Waals surface area (Å²) >= 11 is 0. The number of aryl methyl sites for hydroxylation is 1. The molecule has 0 aliphatic rings. The molecule has 0 aliphatic heterocycles. The van der Waals surface area contributed by atoms with Gasteiger partial charge in [0, 0.05) is 19.7 Å². The second-order valence-electron chi connectivity index (χ2n) is 8.91. The Balaban J connectivity index is 2.06. The third kappa shape index (κ3) is 6.88. The molecular formula is C29H35N3O6S.